The summed E-state index contributed by atoms with van der Waals surface area (Å²) in [5.41, 5.74) is 0.609. The number of benzene rings is 1. The van der Waals surface area contributed by atoms with Gasteiger partial charge >= 0.3 is 6.03 Å². The van der Waals surface area contributed by atoms with E-state index in [-0.39, 0.29) is 29.5 Å². The molecule has 3 amide bonds. The van der Waals surface area contributed by atoms with E-state index < -0.39 is 16.1 Å². The van der Waals surface area contributed by atoms with E-state index in [0.717, 1.165) is 30.2 Å². The third-order valence-electron chi connectivity index (χ3n) is 4.77. The van der Waals surface area contributed by atoms with Gasteiger partial charge in [-0.3, -0.25) is 9.63 Å². The molecule has 0 radical (unpaired) electrons. The van der Waals surface area contributed by atoms with Gasteiger partial charge in [-0.05, 0) is 44.9 Å². The first-order valence-corrected chi connectivity index (χ1v) is 12.0. The second kappa shape index (κ2) is 11.9. The molecule has 1 saturated carbocycles. The SMILES string of the molecule is CNC(=O)CNC(=O)NCCNc1cccc(S(=O)(=O)N(OC2CCCC2)C(C)C)c1. The molecule has 31 heavy (non-hydrogen) atoms. The zero-order valence-corrected chi connectivity index (χ0v) is 19.1. The van der Waals surface area contributed by atoms with Gasteiger partial charge in [0.1, 0.15) is 0 Å². The third-order valence-corrected chi connectivity index (χ3v) is 6.60. The standard InChI is InChI=1S/C20H33N5O5S/c1-15(2)25(30-17-8-4-5-9-17)31(28,29)18-10-6-7-16(13-18)22-11-12-23-20(27)24-14-19(26)21-3/h6-7,10,13,15,17,22H,4-5,8-9,11-12,14H2,1-3H3,(H,21,26)(H2,23,24,27). The number of rotatable bonds is 11. The maximum absolute atomic E-state index is 13.2. The van der Waals surface area contributed by atoms with Crippen molar-refractivity contribution in [1.82, 2.24) is 20.4 Å². The van der Waals surface area contributed by atoms with Crippen molar-refractivity contribution in [3.63, 3.8) is 0 Å². The van der Waals surface area contributed by atoms with Crippen LogP contribution in [0.25, 0.3) is 0 Å². The van der Waals surface area contributed by atoms with E-state index in [1.54, 1.807) is 38.1 Å². The molecule has 0 atom stereocenters. The lowest BCUT2D eigenvalue weighted by Crippen LogP contribution is -2.42. The number of sulfonamides is 1. The molecule has 1 aromatic rings. The van der Waals surface area contributed by atoms with Crippen LogP contribution in [-0.2, 0) is 19.7 Å². The van der Waals surface area contributed by atoms with Crippen LogP contribution in [0.3, 0.4) is 0 Å². The van der Waals surface area contributed by atoms with Crippen LogP contribution in [0.4, 0.5) is 10.5 Å². The predicted octanol–water partition coefficient (Wildman–Crippen LogP) is 1.42. The van der Waals surface area contributed by atoms with E-state index in [2.05, 4.69) is 21.3 Å². The molecule has 11 heteroatoms. The van der Waals surface area contributed by atoms with Crippen LogP contribution in [0.2, 0.25) is 0 Å². The summed E-state index contributed by atoms with van der Waals surface area (Å²) in [5.74, 6) is -0.293. The van der Waals surface area contributed by atoms with Crippen molar-refractivity contribution >= 4 is 27.6 Å². The van der Waals surface area contributed by atoms with Gasteiger partial charge in [-0.15, -0.1) is 0 Å². The first-order chi connectivity index (χ1) is 14.7. The highest BCUT2D eigenvalue weighted by molar-refractivity contribution is 7.89. The Morgan fingerprint density at radius 2 is 1.87 bits per heavy atom. The van der Waals surface area contributed by atoms with Gasteiger partial charge in [-0.1, -0.05) is 23.4 Å². The van der Waals surface area contributed by atoms with E-state index in [9.17, 15) is 18.0 Å². The first kappa shape index (κ1) is 24.9. The molecule has 1 aromatic carbocycles. The highest BCUT2D eigenvalue weighted by atomic mass is 32.2. The van der Waals surface area contributed by atoms with Crippen molar-refractivity contribution in [2.24, 2.45) is 0 Å². The van der Waals surface area contributed by atoms with Gasteiger partial charge in [-0.25, -0.2) is 13.2 Å². The summed E-state index contributed by atoms with van der Waals surface area (Å²) in [7, 11) is -2.33. The second-order valence-corrected chi connectivity index (χ2v) is 9.38. The molecule has 0 aliphatic heterocycles. The normalized spacial score (nSPS) is 14.6. The molecule has 0 heterocycles. The van der Waals surface area contributed by atoms with Gasteiger partial charge in [0.2, 0.25) is 5.91 Å². The minimum atomic E-state index is -3.82. The number of hydrogen-bond donors (Lipinski definition) is 4. The van der Waals surface area contributed by atoms with Gasteiger partial charge in [0.15, 0.2) is 0 Å². The number of carbonyl (C=O) groups excluding carboxylic acids is 2. The minimum Gasteiger partial charge on any atom is -0.383 e. The number of carbonyl (C=O) groups is 2. The number of amides is 3. The number of nitrogens with one attached hydrogen (secondary N) is 4. The number of urea groups is 1. The van der Waals surface area contributed by atoms with Crippen molar-refractivity contribution in [3.8, 4) is 0 Å². The van der Waals surface area contributed by atoms with Gasteiger partial charge in [0, 0.05) is 31.9 Å². The summed E-state index contributed by atoms with van der Waals surface area (Å²) in [6.07, 6.45) is 3.76. The number of nitrogens with zero attached hydrogens (tertiary/aromatic N) is 1. The summed E-state index contributed by atoms with van der Waals surface area (Å²) < 4.78 is 27.4. The number of likely N-dealkylation sites (N-methyl/N-ethyl adjacent to an activating group) is 1. The van der Waals surface area contributed by atoms with E-state index in [1.165, 1.54) is 7.05 Å². The molecule has 174 valence electrons. The molecular formula is C20H33N5O5S. The lowest BCUT2D eigenvalue weighted by molar-refractivity contribution is -0.146. The maximum atomic E-state index is 13.2. The highest BCUT2D eigenvalue weighted by Crippen LogP contribution is 2.27. The highest BCUT2D eigenvalue weighted by Gasteiger charge is 2.32. The van der Waals surface area contributed by atoms with Gasteiger partial charge in [0.25, 0.3) is 10.0 Å². The fraction of sp³-hybridized carbons (Fsp3) is 0.600. The average Bonchev–Trinajstić information content (AvgIpc) is 3.26. The Morgan fingerprint density at radius 3 is 2.52 bits per heavy atom. The van der Waals surface area contributed by atoms with Gasteiger partial charge < -0.3 is 21.3 Å². The molecule has 2 rings (SSSR count). The number of anilines is 1. The summed E-state index contributed by atoms with van der Waals surface area (Å²) in [4.78, 5) is 28.7. The predicted molar refractivity (Wildman–Crippen MR) is 118 cm³/mol. The fourth-order valence-electron chi connectivity index (χ4n) is 3.16. The molecule has 0 unspecified atom stereocenters. The van der Waals surface area contributed by atoms with Crippen LogP contribution < -0.4 is 21.3 Å². The molecular weight excluding hydrogens is 422 g/mol. The molecule has 0 saturated heterocycles. The quantitative estimate of drug-likeness (QED) is 0.295. The Kier molecular flexibility index (Phi) is 9.53. The number of hydroxylamine groups is 1. The Balaban J connectivity index is 1.92. The Labute approximate surface area is 184 Å². The Morgan fingerprint density at radius 1 is 1.16 bits per heavy atom. The van der Waals surface area contributed by atoms with Crippen molar-refractivity contribution in [1.29, 1.82) is 0 Å². The lowest BCUT2D eigenvalue weighted by Gasteiger charge is -2.28. The van der Waals surface area contributed by atoms with Crippen LogP contribution in [-0.4, -0.2) is 63.7 Å². The molecule has 10 nitrogen and oxygen atoms in total. The zero-order valence-electron chi connectivity index (χ0n) is 18.3. The van der Waals surface area contributed by atoms with Crippen molar-refractivity contribution in [3.05, 3.63) is 24.3 Å². The zero-order chi connectivity index (χ0) is 22.9. The molecule has 0 bridgehead atoms. The van der Waals surface area contributed by atoms with E-state index >= 15 is 0 Å². The van der Waals surface area contributed by atoms with Crippen LogP contribution in [0.5, 0.6) is 0 Å². The molecule has 0 spiro atoms. The van der Waals surface area contributed by atoms with E-state index in [1.807, 2.05) is 0 Å². The largest absolute Gasteiger partial charge is 0.383 e. The van der Waals surface area contributed by atoms with E-state index in [4.69, 9.17) is 4.84 Å². The van der Waals surface area contributed by atoms with Crippen LogP contribution in [0, 0.1) is 0 Å². The Hall–Kier alpha value is -2.37. The van der Waals surface area contributed by atoms with Crippen molar-refractivity contribution < 1.29 is 22.8 Å². The summed E-state index contributed by atoms with van der Waals surface area (Å²) in [6.45, 7) is 4.14. The minimum absolute atomic E-state index is 0.0703. The Bertz CT molecular complexity index is 840. The van der Waals surface area contributed by atoms with Crippen LogP contribution >= 0.6 is 0 Å². The monoisotopic (exact) mass is 455 g/mol. The molecule has 1 aliphatic carbocycles. The third kappa shape index (κ3) is 7.67. The molecule has 1 fully saturated rings. The topological polar surface area (TPSA) is 129 Å². The first-order valence-electron chi connectivity index (χ1n) is 10.5. The van der Waals surface area contributed by atoms with E-state index in [0.29, 0.717) is 18.8 Å². The molecule has 0 aromatic heterocycles. The fourth-order valence-corrected chi connectivity index (χ4v) is 4.69. The second-order valence-electron chi connectivity index (χ2n) is 7.60. The van der Waals surface area contributed by atoms with Gasteiger partial charge in [0.05, 0.1) is 17.5 Å². The van der Waals surface area contributed by atoms with Crippen molar-refractivity contribution in [2.75, 3.05) is 32.0 Å². The van der Waals surface area contributed by atoms with Crippen molar-refractivity contribution in [2.45, 2.75) is 56.6 Å². The van der Waals surface area contributed by atoms with Crippen LogP contribution in [0.15, 0.2) is 29.2 Å². The molecule has 4 N–H and O–H groups in total. The maximum Gasteiger partial charge on any atom is 0.315 e. The summed E-state index contributed by atoms with van der Waals surface area (Å²) >= 11 is 0. The lowest BCUT2D eigenvalue weighted by atomic mass is 10.3. The number of hydrogen-bond acceptors (Lipinski definition) is 6. The molecule has 1 aliphatic rings. The average molecular weight is 456 g/mol. The van der Waals surface area contributed by atoms with Crippen LogP contribution in [0.1, 0.15) is 39.5 Å². The summed E-state index contributed by atoms with van der Waals surface area (Å²) in [6, 6.07) is 5.71. The smallest absolute Gasteiger partial charge is 0.315 e. The summed E-state index contributed by atoms with van der Waals surface area (Å²) in [5, 5.41) is 10.5. The van der Waals surface area contributed by atoms with Gasteiger partial charge in [-0.2, -0.15) is 0 Å².